The molecule has 0 amide bonds. The van der Waals surface area contributed by atoms with Crippen LogP contribution in [0.2, 0.25) is 0 Å². The van der Waals surface area contributed by atoms with Gasteiger partial charge in [0.1, 0.15) is 5.01 Å². The van der Waals surface area contributed by atoms with Crippen LogP contribution in [0, 0.1) is 5.41 Å². The number of rotatable bonds is 7. The molecule has 1 aromatic rings. The number of hydrogen-bond donors (Lipinski definition) is 2. The van der Waals surface area contributed by atoms with Crippen molar-refractivity contribution in [2.24, 2.45) is 5.41 Å². The van der Waals surface area contributed by atoms with E-state index in [4.69, 9.17) is 4.74 Å². The molecule has 0 aliphatic carbocycles. The van der Waals surface area contributed by atoms with Crippen LogP contribution in [0.5, 0.6) is 0 Å². The second-order valence-electron chi connectivity index (χ2n) is 5.40. The smallest absolute Gasteiger partial charge is 0.109 e. The van der Waals surface area contributed by atoms with Gasteiger partial charge in [0.25, 0.3) is 0 Å². The molecule has 108 valence electrons. The van der Waals surface area contributed by atoms with E-state index in [1.54, 1.807) is 11.3 Å². The van der Waals surface area contributed by atoms with Crippen LogP contribution in [-0.4, -0.2) is 38.3 Å². The van der Waals surface area contributed by atoms with E-state index in [0.29, 0.717) is 6.04 Å². The zero-order valence-electron chi connectivity index (χ0n) is 11.9. The maximum Gasteiger partial charge on any atom is 0.109 e. The molecule has 1 fully saturated rings. The summed E-state index contributed by atoms with van der Waals surface area (Å²) >= 11 is 1.74. The van der Waals surface area contributed by atoms with E-state index in [9.17, 15) is 0 Å². The lowest BCUT2D eigenvalue weighted by atomic mass is 9.79. The monoisotopic (exact) mass is 283 g/mol. The minimum absolute atomic E-state index is 0.282. The third kappa shape index (κ3) is 3.99. The number of methoxy groups -OCH3 is 1. The molecular weight excluding hydrogens is 258 g/mol. The van der Waals surface area contributed by atoms with Gasteiger partial charge in [-0.25, -0.2) is 4.98 Å². The minimum Gasteiger partial charge on any atom is -0.384 e. The molecular formula is C14H25N3OS. The van der Waals surface area contributed by atoms with Crippen LogP contribution in [-0.2, 0) is 4.74 Å². The Labute approximate surface area is 120 Å². The SMILES string of the molecule is CCC(NCC1(COC)CCNCC1)c1nccs1. The summed E-state index contributed by atoms with van der Waals surface area (Å²) in [6.07, 6.45) is 5.33. The molecule has 2 N–H and O–H groups in total. The molecule has 0 aromatic carbocycles. The lowest BCUT2D eigenvalue weighted by molar-refractivity contribution is 0.0513. The molecule has 1 saturated heterocycles. The molecule has 0 radical (unpaired) electrons. The second-order valence-corrected chi connectivity index (χ2v) is 6.32. The summed E-state index contributed by atoms with van der Waals surface area (Å²) in [5, 5.41) is 10.4. The molecule has 0 bridgehead atoms. The first-order valence-electron chi connectivity index (χ1n) is 7.12. The number of aromatic nitrogens is 1. The van der Waals surface area contributed by atoms with Crippen LogP contribution in [0.3, 0.4) is 0 Å². The van der Waals surface area contributed by atoms with Gasteiger partial charge < -0.3 is 15.4 Å². The summed E-state index contributed by atoms with van der Waals surface area (Å²) < 4.78 is 5.46. The predicted molar refractivity (Wildman–Crippen MR) is 79.6 cm³/mol. The van der Waals surface area contributed by atoms with E-state index >= 15 is 0 Å². The largest absolute Gasteiger partial charge is 0.384 e. The van der Waals surface area contributed by atoms with Crippen LogP contribution >= 0.6 is 11.3 Å². The van der Waals surface area contributed by atoms with Crippen molar-refractivity contribution in [3.63, 3.8) is 0 Å². The first kappa shape index (κ1) is 14.9. The standard InChI is InChI=1S/C14H25N3OS/c1-3-12(13-16-8-9-19-13)17-10-14(11-18-2)4-6-15-7-5-14/h8-9,12,15,17H,3-7,10-11H2,1-2H3. The molecule has 5 heteroatoms. The molecule has 0 spiro atoms. The van der Waals surface area contributed by atoms with E-state index in [1.165, 1.54) is 17.8 Å². The van der Waals surface area contributed by atoms with Gasteiger partial charge in [-0.1, -0.05) is 6.92 Å². The molecule has 1 unspecified atom stereocenters. The van der Waals surface area contributed by atoms with Crippen molar-refractivity contribution in [3.05, 3.63) is 16.6 Å². The van der Waals surface area contributed by atoms with Crippen LogP contribution < -0.4 is 10.6 Å². The highest BCUT2D eigenvalue weighted by Crippen LogP contribution is 2.30. The fourth-order valence-corrected chi connectivity index (χ4v) is 3.59. The molecule has 2 rings (SSSR count). The van der Waals surface area contributed by atoms with Gasteiger partial charge in [-0.05, 0) is 32.4 Å². The summed E-state index contributed by atoms with van der Waals surface area (Å²) in [5.41, 5.74) is 0.282. The van der Waals surface area contributed by atoms with Crippen LogP contribution in [0.25, 0.3) is 0 Å². The lowest BCUT2D eigenvalue weighted by Gasteiger charge is -2.38. The van der Waals surface area contributed by atoms with E-state index in [1.807, 2.05) is 13.3 Å². The maximum atomic E-state index is 5.46. The summed E-state index contributed by atoms with van der Waals surface area (Å²) in [7, 11) is 1.81. The normalized spacial score (nSPS) is 20.3. The van der Waals surface area contributed by atoms with E-state index < -0.39 is 0 Å². The van der Waals surface area contributed by atoms with Crippen molar-refractivity contribution in [1.82, 2.24) is 15.6 Å². The van der Waals surface area contributed by atoms with E-state index in [2.05, 4.69) is 27.9 Å². The quantitative estimate of drug-likeness (QED) is 0.805. The van der Waals surface area contributed by atoms with Gasteiger partial charge in [0.2, 0.25) is 0 Å². The van der Waals surface area contributed by atoms with Crippen molar-refractivity contribution in [2.45, 2.75) is 32.2 Å². The Kier molecular flexibility index (Phi) is 5.76. The first-order chi connectivity index (χ1) is 9.29. The van der Waals surface area contributed by atoms with E-state index in [-0.39, 0.29) is 5.41 Å². The van der Waals surface area contributed by atoms with Crippen molar-refractivity contribution in [1.29, 1.82) is 0 Å². The number of nitrogens with zero attached hydrogens (tertiary/aromatic N) is 1. The number of hydrogen-bond acceptors (Lipinski definition) is 5. The van der Waals surface area contributed by atoms with Gasteiger partial charge in [-0.2, -0.15) is 0 Å². The summed E-state index contributed by atoms with van der Waals surface area (Å²) in [6, 6.07) is 0.378. The highest BCUT2D eigenvalue weighted by atomic mass is 32.1. The third-order valence-corrected chi connectivity index (χ3v) is 4.89. The molecule has 19 heavy (non-hydrogen) atoms. The Morgan fingerprint density at radius 2 is 2.32 bits per heavy atom. The van der Waals surface area contributed by atoms with Gasteiger partial charge in [0.15, 0.2) is 0 Å². The molecule has 1 aliphatic rings. The number of thiazole rings is 1. The Balaban J connectivity index is 1.93. The number of ether oxygens (including phenoxy) is 1. The van der Waals surface area contributed by atoms with Gasteiger partial charge in [-0.3, -0.25) is 0 Å². The van der Waals surface area contributed by atoms with Crippen LogP contribution in [0.4, 0.5) is 0 Å². The first-order valence-corrected chi connectivity index (χ1v) is 8.00. The van der Waals surface area contributed by atoms with Crippen molar-refractivity contribution in [3.8, 4) is 0 Å². The van der Waals surface area contributed by atoms with Gasteiger partial charge in [0, 0.05) is 30.6 Å². The number of nitrogens with one attached hydrogen (secondary N) is 2. The van der Waals surface area contributed by atoms with Gasteiger partial charge in [-0.15, -0.1) is 11.3 Å². The molecule has 2 heterocycles. The lowest BCUT2D eigenvalue weighted by Crippen LogP contribution is -2.46. The summed E-state index contributed by atoms with van der Waals surface area (Å²) in [5.74, 6) is 0. The van der Waals surface area contributed by atoms with Gasteiger partial charge >= 0.3 is 0 Å². The van der Waals surface area contributed by atoms with Crippen LogP contribution in [0.1, 0.15) is 37.2 Å². The maximum absolute atomic E-state index is 5.46. The van der Waals surface area contributed by atoms with Crippen molar-refractivity contribution in [2.75, 3.05) is 33.4 Å². The molecule has 1 atom stereocenters. The topological polar surface area (TPSA) is 46.2 Å². The Bertz CT molecular complexity index is 344. The molecule has 0 saturated carbocycles. The predicted octanol–water partition coefficient (Wildman–Crippen LogP) is 2.20. The highest BCUT2D eigenvalue weighted by Gasteiger charge is 2.32. The fraction of sp³-hybridized carbons (Fsp3) is 0.786. The summed E-state index contributed by atoms with van der Waals surface area (Å²) in [4.78, 5) is 4.43. The number of piperidine rings is 1. The summed E-state index contributed by atoms with van der Waals surface area (Å²) in [6.45, 7) is 6.26. The van der Waals surface area contributed by atoms with Crippen molar-refractivity contribution < 1.29 is 4.74 Å². The Morgan fingerprint density at radius 3 is 2.89 bits per heavy atom. The molecule has 1 aliphatic heterocycles. The fourth-order valence-electron chi connectivity index (χ4n) is 2.79. The molecule has 4 nitrogen and oxygen atoms in total. The van der Waals surface area contributed by atoms with E-state index in [0.717, 1.165) is 32.7 Å². The van der Waals surface area contributed by atoms with Gasteiger partial charge in [0.05, 0.1) is 12.6 Å². The van der Waals surface area contributed by atoms with Crippen LogP contribution in [0.15, 0.2) is 11.6 Å². The second kappa shape index (κ2) is 7.33. The zero-order chi connectivity index (χ0) is 13.6. The third-order valence-electron chi connectivity index (χ3n) is 4.00. The average Bonchev–Trinajstić information content (AvgIpc) is 2.95. The minimum atomic E-state index is 0.282. The Hall–Kier alpha value is -0.490. The zero-order valence-corrected chi connectivity index (χ0v) is 12.8. The average molecular weight is 283 g/mol. The molecule has 1 aromatic heterocycles. The Morgan fingerprint density at radius 1 is 1.53 bits per heavy atom. The van der Waals surface area contributed by atoms with Crippen molar-refractivity contribution >= 4 is 11.3 Å². The highest BCUT2D eigenvalue weighted by molar-refractivity contribution is 7.09.